The Kier molecular flexibility index (Phi) is 4.54. The number of hydrogen-bond donors (Lipinski definition) is 0. The van der Waals surface area contributed by atoms with Crippen molar-refractivity contribution >= 4 is 18.2 Å². The number of halogens is 2. The Balaban J connectivity index is 2.02. The number of aldehydes is 1. The maximum atomic E-state index is 13.3. The van der Waals surface area contributed by atoms with Crippen LogP contribution in [0.5, 0.6) is 0 Å². The van der Waals surface area contributed by atoms with Gasteiger partial charge in [0.25, 0.3) is 5.91 Å². The molecular weight excluding hydrogens is 296 g/mol. The van der Waals surface area contributed by atoms with Crippen LogP contribution in [-0.2, 0) is 20.7 Å². The van der Waals surface area contributed by atoms with Crippen molar-refractivity contribution in [1.82, 2.24) is 4.90 Å². The van der Waals surface area contributed by atoms with Crippen molar-refractivity contribution in [3.05, 3.63) is 35.4 Å². The van der Waals surface area contributed by atoms with Crippen molar-refractivity contribution in [2.24, 2.45) is 0 Å². The number of hydrogen-bond acceptors (Lipinski definition) is 4. The molecule has 0 aliphatic carbocycles. The van der Waals surface area contributed by atoms with Crippen LogP contribution < -0.4 is 0 Å². The summed E-state index contributed by atoms with van der Waals surface area (Å²) in [5.41, 5.74) is 1.14. The molecule has 118 valence electrons. The summed E-state index contributed by atoms with van der Waals surface area (Å²) in [7, 11) is 1.27. The molecule has 1 amide bonds. The topological polar surface area (TPSA) is 63.7 Å². The first-order valence-corrected chi connectivity index (χ1v) is 6.70. The Morgan fingerprint density at radius 1 is 1.41 bits per heavy atom. The molecule has 7 heteroatoms. The predicted octanol–water partition coefficient (Wildman–Crippen LogP) is 1.45. The van der Waals surface area contributed by atoms with Crippen LogP contribution in [0.15, 0.2) is 24.3 Å². The van der Waals surface area contributed by atoms with Gasteiger partial charge in [0.05, 0.1) is 18.7 Å². The van der Waals surface area contributed by atoms with E-state index in [0.717, 1.165) is 10.5 Å². The van der Waals surface area contributed by atoms with Crippen molar-refractivity contribution in [3.8, 4) is 0 Å². The second kappa shape index (κ2) is 6.21. The highest BCUT2D eigenvalue weighted by Gasteiger charge is 2.53. The Morgan fingerprint density at radius 3 is 2.59 bits per heavy atom. The van der Waals surface area contributed by atoms with E-state index in [1.165, 1.54) is 7.11 Å². The van der Waals surface area contributed by atoms with Crippen LogP contribution in [0.4, 0.5) is 8.78 Å². The summed E-state index contributed by atoms with van der Waals surface area (Å²) < 4.78 is 31.2. The van der Waals surface area contributed by atoms with E-state index in [1.54, 1.807) is 24.3 Å². The smallest absolute Gasteiger partial charge is 0.337 e. The van der Waals surface area contributed by atoms with E-state index in [1.807, 2.05) is 0 Å². The van der Waals surface area contributed by atoms with Gasteiger partial charge in [-0.25, -0.2) is 4.79 Å². The van der Waals surface area contributed by atoms with Gasteiger partial charge in [-0.1, -0.05) is 12.1 Å². The average Bonchev–Trinajstić information content (AvgIpc) is 2.75. The summed E-state index contributed by atoms with van der Waals surface area (Å²) in [6, 6.07) is 5.33. The number of esters is 1. The number of alkyl halides is 2. The third-order valence-corrected chi connectivity index (χ3v) is 3.61. The highest BCUT2D eigenvalue weighted by atomic mass is 19.3. The van der Waals surface area contributed by atoms with Crippen LogP contribution in [0.25, 0.3) is 0 Å². The molecule has 0 unspecified atom stereocenters. The minimum absolute atomic E-state index is 0.0232. The first-order valence-electron chi connectivity index (χ1n) is 6.70. The Morgan fingerprint density at radius 2 is 2.05 bits per heavy atom. The number of likely N-dealkylation sites (tertiary alicyclic amines) is 1. The van der Waals surface area contributed by atoms with E-state index < -0.39 is 30.3 Å². The number of amides is 1. The highest BCUT2D eigenvalue weighted by Crippen LogP contribution is 2.32. The SMILES string of the molecule is COC(=O)c1ccc(CCN2C(=O)C(F)(F)C[C@@H]2C=O)cc1. The molecule has 1 saturated heterocycles. The van der Waals surface area contributed by atoms with Gasteiger partial charge in [0, 0.05) is 13.0 Å². The van der Waals surface area contributed by atoms with E-state index in [9.17, 15) is 23.2 Å². The monoisotopic (exact) mass is 311 g/mol. The minimum atomic E-state index is -3.47. The Hall–Kier alpha value is -2.31. The lowest BCUT2D eigenvalue weighted by Crippen LogP contribution is -2.38. The molecule has 22 heavy (non-hydrogen) atoms. The molecule has 0 spiro atoms. The molecule has 1 aliphatic rings. The molecule has 0 saturated carbocycles. The minimum Gasteiger partial charge on any atom is -0.465 e. The van der Waals surface area contributed by atoms with Gasteiger partial charge in [0.15, 0.2) is 0 Å². The maximum Gasteiger partial charge on any atom is 0.337 e. The average molecular weight is 311 g/mol. The molecule has 1 heterocycles. The van der Waals surface area contributed by atoms with Crippen molar-refractivity contribution in [3.63, 3.8) is 0 Å². The van der Waals surface area contributed by atoms with Gasteiger partial charge in [-0.05, 0) is 24.1 Å². The Labute approximate surface area is 125 Å². The molecule has 0 N–H and O–H groups in total. The Bertz CT molecular complexity index is 586. The molecule has 0 radical (unpaired) electrons. The molecule has 1 atom stereocenters. The van der Waals surface area contributed by atoms with E-state index in [0.29, 0.717) is 18.3 Å². The van der Waals surface area contributed by atoms with Crippen LogP contribution in [0.2, 0.25) is 0 Å². The summed E-state index contributed by atoms with van der Waals surface area (Å²) in [4.78, 5) is 34.6. The van der Waals surface area contributed by atoms with Gasteiger partial charge >= 0.3 is 11.9 Å². The number of methoxy groups -OCH3 is 1. The molecule has 0 aromatic heterocycles. The fourth-order valence-electron chi connectivity index (χ4n) is 2.38. The zero-order chi connectivity index (χ0) is 16.3. The number of rotatable bonds is 5. The lowest BCUT2D eigenvalue weighted by molar-refractivity contribution is -0.148. The van der Waals surface area contributed by atoms with Crippen molar-refractivity contribution in [2.45, 2.75) is 24.8 Å². The fraction of sp³-hybridized carbons (Fsp3) is 0.400. The van der Waals surface area contributed by atoms with Gasteiger partial charge in [0.2, 0.25) is 0 Å². The lowest BCUT2D eigenvalue weighted by Gasteiger charge is -2.19. The number of benzene rings is 1. The molecule has 5 nitrogen and oxygen atoms in total. The fourth-order valence-corrected chi connectivity index (χ4v) is 2.38. The van der Waals surface area contributed by atoms with Gasteiger partial charge < -0.3 is 14.4 Å². The maximum absolute atomic E-state index is 13.3. The molecule has 1 aromatic rings. The second-order valence-corrected chi connectivity index (χ2v) is 5.05. The molecule has 1 aliphatic heterocycles. The zero-order valence-corrected chi connectivity index (χ0v) is 11.9. The van der Waals surface area contributed by atoms with Gasteiger partial charge in [-0.15, -0.1) is 0 Å². The third kappa shape index (κ3) is 3.13. The quantitative estimate of drug-likeness (QED) is 0.610. The van der Waals surface area contributed by atoms with E-state index >= 15 is 0 Å². The number of carbonyl (C=O) groups is 3. The first-order chi connectivity index (χ1) is 10.4. The standard InChI is InChI=1S/C15H15F2NO4/c1-22-13(20)11-4-2-10(3-5-11)6-7-18-12(9-19)8-15(16,17)14(18)21/h2-5,9,12H,6-8H2,1H3/t12-/m1/s1. The summed E-state index contributed by atoms with van der Waals surface area (Å²) in [5, 5.41) is 0. The van der Waals surface area contributed by atoms with Crippen LogP contribution >= 0.6 is 0 Å². The summed E-state index contributed by atoms with van der Waals surface area (Å²) in [6.07, 6.45) is -0.0800. The predicted molar refractivity (Wildman–Crippen MR) is 72.6 cm³/mol. The molecule has 0 bridgehead atoms. The molecular formula is C15H15F2NO4. The van der Waals surface area contributed by atoms with E-state index in [-0.39, 0.29) is 6.54 Å². The molecule has 2 rings (SSSR count). The highest BCUT2D eigenvalue weighted by molar-refractivity contribution is 5.90. The molecule has 1 aromatic carbocycles. The first kappa shape index (κ1) is 16.1. The summed E-state index contributed by atoms with van der Waals surface area (Å²) in [6.45, 7) is 0.0232. The number of nitrogens with zero attached hydrogens (tertiary/aromatic N) is 1. The van der Waals surface area contributed by atoms with Crippen LogP contribution in [0, 0.1) is 0 Å². The van der Waals surface area contributed by atoms with Crippen molar-refractivity contribution in [2.75, 3.05) is 13.7 Å². The lowest BCUT2D eigenvalue weighted by atomic mass is 10.1. The number of carbonyl (C=O) groups excluding carboxylic acids is 3. The number of ether oxygens (including phenoxy) is 1. The van der Waals surface area contributed by atoms with E-state index in [4.69, 9.17) is 0 Å². The normalized spacial score (nSPS) is 20.0. The molecule has 1 fully saturated rings. The summed E-state index contributed by atoms with van der Waals surface area (Å²) >= 11 is 0. The second-order valence-electron chi connectivity index (χ2n) is 5.05. The largest absolute Gasteiger partial charge is 0.465 e. The van der Waals surface area contributed by atoms with E-state index in [2.05, 4.69) is 4.74 Å². The van der Waals surface area contributed by atoms with Crippen molar-refractivity contribution < 1.29 is 27.9 Å². The van der Waals surface area contributed by atoms with Gasteiger partial charge in [-0.2, -0.15) is 8.78 Å². The van der Waals surface area contributed by atoms with Gasteiger partial charge in [-0.3, -0.25) is 4.79 Å². The third-order valence-electron chi connectivity index (χ3n) is 3.61. The zero-order valence-electron chi connectivity index (χ0n) is 11.9. The van der Waals surface area contributed by atoms with Crippen LogP contribution in [0.1, 0.15) is 22.3 Å². The summed E-state index contributed by atoms with van der Waals surface area (Å²) in [5.74, 6) is -5.25. The van der Waals surface area contributed by atoms with Crippen molar-refractivity contribution in [1.29, 1.82) is 0 Å². The van der Waals surface area contributed by atoms with Crippen LogP contribution in [0.3, 0.4) is 0 Å². The van der Waals surface area contributed by atoms with Gasteiger partial charge in [0.1, 0.15) is 6.29 Å². The van der Waals surface area contributed by atoms with Crippen LogP contribution in [-0.4, -0.2) is 48.7 Å².